The molecule has 1 N–H and O–H groups in total. The molecule has 4 rings (SSSR count). The molecule has 3 heterocycles. The minimum Gasteiger partial charge on any atom is -0.381 e. The summed E-state index contributed by atoms with van der Waals surface area (Å²) in [6.07, 6.45) is 7.72. The van der Waals surface area contributed by atoms with Crippen LogP contribution in [0.3, 0.4) is 0 Å². The Bertz CT molecular complexity index is 924. The Morgan fingerprint density at radius 1 is 1.31 bits per heavy atom. The van der Waals surface area contributed by atoms with E-state index in [-0.39, 0.29) is 17.9 Å². The molecule has 2 unspecified atom stereocenters. The molecule has 152 valence electrons. The van der Waals surface area contributed by atoms with Gasteiger partial charge in [-0.05, 0) is 42.8 Å². The number of thiophene rings is 1. The Balaban J connectivity index is 1.45. The minimum atomic E-state index is 0.0483. The van der Waals surface area contributed by atoms with Gasteiger partial charge in [0.25, 0.3) is 0 Å². The standard InChI is InChI=1S/C22H26N4O2S/c1-28-17-7-4-6-16(14-17)22(27)24-11-12-26-21(20-9-5-13-29-20)18(15-25-26)19-8-2-3-10-23-19/h2-3,5,8-10,13,15-17H,4,6-7,11-12,14H2,1H3,(H,24,27). The molecule has 3 aromatic heterocycles. The molecule has 6 nitrogen and oxygen atoms in total. The van der Waals surface area contributed by atoms with Crippen LogP contribution in [-0.2, 0) is 16.1 Å². The third-order valence-corrected chi connectivity index (χ3v) is 6.36. The third-order valence-electron chi connectivity index (χ3n) is 5.49. The number of nitrogens with one attached hydrogen (secondary N) is 1. The van der Waals surface area contributed by atoms with Crippen LogP contribution in [0.15, 0.2) is 48.1 Å². The topological polar surface area (TPSA) is 69.0 Å². The third kappa shape index (κ3) is 4.57. The quantitative estimate of drug-likeness (QED) is 0.639. The number of ether oxygens (including phenoxy) is 1. The van der Waals surface area contributed by atoms with Crippen molar-refractivity contribution in [1.82, 2.24) is 20.1 Å². The van der Waals surface area contributed by atoms with Gasteiger partial charge in [0.15, 0.2) is 0 Å². The first-order valence-electron chi connectivity index (χ1n) is 10.1. The molecule has 1 amide bonds. The van der Waals surface area contributed by atoms with Crippen LogP contribution in [0.4, 0.5) is 0 Å². The molecule has 1 saturated carbocycles. The Labute approximate surface area is 174 Å². The number of carbonyl (C=O) groups excluding carboxylic acids is 1. The lowest BCUT2D eigenvalue weighted by Gasteiger charge is -2.27. The Morgan fingerprint density at radius 3 is 3.00 bits per heavy atom. The van der Waals surface area contributed by atoms with E-state index >= 15 is 0 Å². The summed E-state index contributed by atoms with van der Waals surface area (Å²) in [7, 11) is 1.73. The van der Waals surface area contributed by atoms with Crippen molar-refractivity contribution in [2.75, 3.05) is 13.7 Å². The summed E-state index contributed by atoms with van der Waals surface area (Å²) in [5, 5.41) is 9.76. The van der Waals surface area contributed by atoms with Crippen LogP contribution in [0.25, 0.3) is 21.8 Å². The molecule has 1 aliphatic rings. The number of amides is 1. The van der Waals surface area contributed by atoms with Gasteiger partial charge in [-0.25, -0.2) is 0 Å². The number of pyridine rings is 1. The SMILES string of the molecule is COC1CCCC(C(=O)NCCn2ncc(-c3ccccn3)c2-c2cccs2)C1. The monoisotopic (exact) mass is 410 g/mol. The Hall–Kier alpha value is -2.51. The zero-order valence-corrected chi connectivity index (χ0v) is 17.4. The maximum Gasteiger partial charge on any atom is 0.223 e. The van der Waals surface area contributed by atoms with Crippen LogP contribution in [0.2, 0.25) is 0 Å². The van der Waals surface area contributed by atoms with Crippen molar-refractivity contribution in [3.8, 4) is 21.8 Å². The molecule has 3 aromatic rings. The average Bonchev–Trinajstić information content (AvgIpc) is 3.44. The fourth-order valence-electron chi connectivity index (χ4n) is 3.96. The maximum absolute atomic E-state index is 12.6. The molecule has 0 bridgehead atoms. The first-order valence-corrected chi connectivity index (χ1v) is 11.0. The number of aromatic nitrogens is 3. The lowest BCUT2D eigenvalue weighted by Crippen LogP contribution is -2.37. The van der Waals surface area contributed by atoms with Gasteiger partial charge in [-0.3, -0.25) is 14.5 Å². The van der Waals surface area contributed by atoms with Gasteiger partial charge in [0.1, 0.15) is 0 Å². The average molecular weight is 411 g/mol. The van der Waals surface area contributed by atoms with E-state index in [4.69, 9.17) is 4.74 Å². The van der Waals surface area contributed by atoms with Crippen molar-refractivity contribution >= 4 is 17.2 Å². The van der Waals surface area contributed by atoms with E-state index in [2.05, 4.69) is 26.8 Å². The van der Waals surface area contributed by atoms with Crippen LogP contribution in [0.5, 0.6) is 0 Å². The number of rotatable bonds is 7. The molecule has 0 aromatic carbocycles. The van der Waals surface area contributed by atoms with Gasteiger partial charge in [0.2, 0.25) is 5.91 Å². The minimum absolute atomic E-state index is 0.0483. The van der Waals surface area contributed by atoms with Crippen molar-refractivity contribution in [1.29, 1.82) is 0 Å². The largest absolute Gasteiger partial charge is 0.381 e. The first-order chi connectivity index (χ1) is 14.3. The zero-order chi connectivity index (χ0) is 20.1. The van der Waals surface area contributed by atoms with Crippen molar-refractivity contribution in [2.45, 2.75) is 38.3 Å². The summed E-state index contributed by atoms with van der Waals surface area (Å²) in [5.74, 6) is 0.175. The van der Waals surface area contributed by atoms with Gasteiger partial charge in [0, 0.05) is 31.3 Å². The summed E-state index contributed by atoms with van der Waals surface area (Å²) in [6, 6.07) is 10.0. The lowest BCUT2D eigenvalue weighted by molar-refractivity contribution is -0.127. The van der Waals surface area contributed by atoms with Crippen LogP contribution in [-0.4, -0.2) is 40.4 Å². The van der Waals surface area contributed by atoms with Gasteiger partial charge >= 0.3 is 0 Å². The van der Waals surface area contributed by atoms with Crippen molar-refractivity contribution in [2.24, 2.45) is 5.92 Å². The second-order valence-electron chi connectivity index (χ2n) is 7.33. The fourth-order valence-corrected chi connectivity index (χ4v) is 4.75. The van der Waals surface area contributed by atoms with E-state index in [1.807, 2.05) is 35.1 Å². The Morgan fingerprint density at radius 2 is 2.24 bits per heavy atom. The van der Waals surface area contributed by atoms with Gasteiger partial charge < -0.3 is 10.1 Å². The molecule has 0 radical (unpaired) electrons. The summed E-state index contributed by atoms with van der Waals surface area (Å²) >= 11 is 1.68. The van der Waals surface area contributed by atoms with Gasteiger partial charge in [0.05, 0.1) is 35.1 Å². The predicted octanol–water partition coefficient (Wildman–Crippen LogP) is 4.00. The number of methoxy groups -OCH3 is 1. The molecule has 0 saturated heterocycles. The zero-order valence-electron chi connectivity index (χ0n) is 16.6. The molecule has 0 spiro atoms. The molecular weight excluding hydrogens is 384 g/mol. The predicted molar refractivity (Wildman–Crippen MR) is 115 cm³/mol. The van der Waals surface area contributed by atoms with Crippen LogP contribution in [0.1, 0.15) is 25.7 Å². The summed E-state index contributed by atoms with van der Waals surface area (Å²) in [5.41, 5.74) is 2.96. The van der Waals surface area contributed by atoms with E-state index in [0.717, 1.165) is 47.5 Å². The highest BCUT2D eigenvalue weighted by molar-refractivity contribution is 7.13. The van der Waals surface area contributed by atoms with E-state index < -0.39 is 0 Å². The molecule has 29 heavy (non-hydrogen) atoms. The summed E-state index contributed by atoms with van der Waals surface area (Å²) < 4.78 is 7.42. The summed E-state index contributed by atoms with van der Waals surface area (Å²) in [6.45, 7) is 1.17. The lowest BCUT2D eigenvalue weighted by atomic mass is 9.86. The summed E-state index contributed by atoms with van der Waals surface area (Å²) in [4.78, 5) is 18.2. The van der Waals surface area contributed by atoms with Crippen LogP contribution in [0, 0.1) is 5.92 Å². The van der Waals surface area contributed by atoms with Crippen LogP contribution < -0.4 is 5.32 Å². The normalized spacial score (nSPS) is 19.2. The van der Waals surface area contributed by atoms with Crippen molar-refractivity contribution in [3.05, 3.63) is 48.1 Å². The number of nitrogens with zero attached hydrogens (tertiary/aromatic N) is 3. The van der Waals surface area contributed by atoms with Gasteiger partial charge in [-0.2, -0.15) is 5.10 Å². The smallest absolute Gasteiger partial charge is 0.223 e. The van der Waals surface area contributed by atoms with Crippen molar-refractivity contribution in [3.63, 3.8) is 0 Å². The second-order valence-corrected chi connectivity index (χ2v) is 8.28. The molecule has 0 aliphatic heterocycles. The maximum atomic E-state index is 12.6. The van der Waals surface area contributed by atoms with E-state index in [9.17, 15) is 4.79 Å². The number of carbonyl (C=O) groups is 1. The molecular formula is C22H26N4O2S. The van der Waals surface area contributed by atoms with Crippen molar-refractivity contribution < 1.29 is 9.53 Å². The highest BCUT2D eigenvalue weighted by Crippen LogP contribution is 2.33. The van der Waals surface area contributed by atoms with Gasteiger partial charge in [-0.1, -0.05) is 18.6 Å². The van der Waals surface area contributed by atoms with Gasteiger partial charge in [-0.15, -0.1) is 11.3 Å². The molecule has 1 fully saturated rings. The molecule has 2 atom stereocenters. The number of hydrogen-bond acceptors (Lipinski definition) is 5. The Kier molecular flexibility index (Phi) is 6.36. The van der Waals surface area contributed by atoms with E-state index in [1.54, 1.807) is 24.6 Å². The number of hydrogen-bond donors (Lipinski definition) is 1. The highest BCUT2D eigenvalue weighted by atomic mass is 32.1. The van der Waals surface area contributed by atoms with E-state index in [0.29, 0.717) is 13.1 Å². The highest BCUT2D eigenvalue weighted by Gasteiger charge is 2.27. The second kappa shape index (κ2) is 9.33. The van der Waals surface area contributed by atoms with E-state index in [1.165, 1.54) is 0 Å². The van der Waals surface area contributed by atoms with Crippen LogP contribution >= 0.6 is 11.3 Å². The first kappa shape index (κ1) is 19.8. The molecule has 1 aliphatic carbocycles. The molecule has 7 heteroatoms. The fraction of sp³-hybridized carbons (Fsp3) is 0.409.